The first kappa shape index (κ1) is 15.8. The van der Waals surface area contributed by atoms with Gasteiger partial charge in [0.15, 0.2) is 0 Å². The lowest BCUT2D eigenvalue weighted by molar-refractivity contribution is -0.147. The van der Waals surface area contributed by atoms with Gasteiger partial charge in [0.1, 0.15) is 0 Å². The Morgan fingerprint density at radius 3 is 2.75 bits per heavy atom. The molecule has 2 aliphatic heterocycles. The molecule has 0 aromatic rings. The highest BCUT2D eigenvalue weighted by molar-refractivity contribution is 5.73. The highest BCUT2D eigenvalue weighted by atomic mass is 16.4. The fourth-order valence-electron chi connectivity index (χ4n) is 3.43. The summed E-state index contributed by atoms with van der Waals surface area (Å²) in [7, 11) is 0. The Hall–Kier alpha value is -0.610. The third-order valence-corrected chi connectivity index (χ3v) is 5.03. The molecule has 0 aromatic carbocycles. The van der Waals surface area contributed by atoms with Gasteiger partial charge in [0.2, 0.25) is 0 Å². The molecule has 20 heavy (non-hydrogen) atoms. The van der Waals surface area contributed by atoms with Crippen LogP contribution in [0, 0.1) is 5.41 Å². The zero-order valence-corrected chi connectivity index (χ0v) is 13.1. The number of carboxylic acids is 1. The quantitative estimate of drug-likeness (QED) is 0.760. The van der Waals surface area contributed by atoms with E-state index in [2.05, 4.69) is 9.80 Å². The van der Waals surface area contributed by atoms with E-state index in [9.17, 15) is 4.79 Å². The summed E-state index contributed by atoms with van der Waals surface area (Å²) in [5.74, 6) is -0.673. The summed E-state index contributed by atoms with van der Waals surface area (Å²) < 4.78 is 0. The average molecular weight is 282 g/mol. The van der Waals surface area contributed by atoms with Gasteiger partial charge in [-0.3, -0.25) is 9.69 Å². The lowest BCUT2D eigenvalue weighted by Gasteiger charge is -2.44. The van der Waals surface area contributed by atoms with Gasteiger partial charge in [0.25, 0.3) is 0 Å². The summed E-state index contributed by atoms with van der Waals surface area (Å²) in [6.45, 7) is 9.74. The topological polar surface area (TPSA) is 43.8 Å². The normalized spacial score (nSPS) is 25.4. The third-order valence-electron chi connectivity index (χ3n) is 5.03. The lowest BCUT2D eigenvalue weighted by Crippen LogP contribution is -2.54. The van der Waals surface area contributed by atoms with Crippen molar-refractivity contribution in [2.45, 2.75) is 58.4 Å². The molecular formula is C16H30N2O2. The largest absolute Gasteiger partial charge is 0.481 e. The molecule has 0 aliphatic carbocycles. The lowest BCUT2D eigenvalue weighted by atomic mass is 9.87. The number of piperidine rings is 1. The molecule has 4 nitrogen and oxygen atoms in total. The van der Waals surface area contributed by atoms with Gasteiger partial charge in [-0.2, -0.15) is 0 Å². The second-order valence-corrected chi connectivity index (χ2v) is 7.13. The van der Waals surface area contributed by atoms with Gasteiger partial charge in [-0.05, 0) is 52.6 Å². The monoisotopic (exact) mass is 282 g/mol. The maximum absolute atomic E-state index is 11.1. The van der Waals surface area contributed by atoms with Crippen molar-refractivity contribution in [1.82, 2.24) is 9.80 Å². The molecule has 1 atom stereocenters. The van der Waals surface area contributed by atoms with Crippen LogP contribution in [-0.2, 0) is 4.79 Å². The fraction of sp³-hybridized carbons (Fsp3) is 0.938. The standard InChI is InChI=1S/C16H30N2O2/c1-16(2,15(19)20)8-4-6-9-17-11-12-18-10-5-3-7-14(18)13-17/h14H,3-13H2,1-2H3,(H,19,20). The van der Waals surface area contributed by atoms with Crippen LogP contribution in [0.2, 0.25) is 0 Å². The molecule has 0 saturated carbocycles. The van der Waals surface area contributed by atoms with Gasteiger partial charge in [-0.15, -0.1) is 0 Å². The number of piperazine rings is 1. The van der Waals surface area contributed by atoms with E-state index in [-0.39, 0.29) is 0 Å². The van der Waals surface area contributed by atoms with Gasteiger partial charge >= 0.3 is 5.97 Å². The van der Waals surface area contributed by atoms with Crippen LogP contribution in [0.25, 0.3) is 0 Å². The minimum atomic E-state index is -0.673. The summed E-state index contributed by atoms with van der Waals surface area (Å²) in [5, 5.41) is 9.10. The number of hydrogen-bond acceptors (Lipinski definition) is 3. The molecule has 2 rings (SSSR count). The van der Waals surface area contributed by atoms with E-state index in [0.717, 1.165) is 31.8 Å². The maximum Gasteiger partial charge on any atom is 0.309 e. The Morgan fingerprint density at radius 1 is 1.20 bits per heavy atom. The molecule has 0 bridgehead atoms. The molecule has 0 aromatic heterocycles. The summed E-state index contributed by atoms with van der Waals surface area (Å²) in [5.41, 5.74) is -0.567. The van der Waals surface area contributed by atoms with E-state index in [1.807, 2.05) is 13.8 Å². The predicted molar refractivity (Wildman–Crippen MR) is 80.9 cm³/mol. The SMILES string of the molecule is CC(C)(CCCCN1CCN2CCCCC2C1)C(=O)O. The Bertz CT molecular complexity index is 330. The smallest absolute Gasteiger partial charge is 0.309 e. The van der Waals surface area contributed by atoms with Gasteiger partial charge in [0, 0.05) is 25.7 Å². The van der Waals surface area contributed by atoms with Crippen molar-refractivity contribution < 1.29 is 9.90 Å². The highest BCUT2D eigenvalue weighted by Crippen LogP contribution is 2.24. The number of hydrogen-bond donors (Lipinski definition) is 1. The molecule has 116 valence electrons. The number of rotatable bonds is 6. The molecule has 0 amide bonds. The van der Waals surface area contributed by atoms with Gasteiger partial charge in [0.05, 0.1) is 5.41 Å². The molecule has 1 unspecified atom stereocenters. The van der Waals surface area contributed by atoms with Crippen molar-refractivity contribution >= 4 is 5.97 Å². The van der Waals surface area contributed by atoms with Gasteiger partial charge in [-0.25, -0.2) is 0 Å². The molecule has 2 saturated heterocycles. The molecule has 2 aliphatic rings. The van der Waals surface area contributed by atoms with Crippen molar-refractivity contribution in [2.24, 2.45) is 5.41 Å². The van der Waals surface area contributed by atoms with E-state index in [0.29, 0.717) is 0 Å². The molecule has 4 heteroatoms. The molecular weight excluding hydrogens is 252 g/mol. The molecule has 2 fully saturated rings. The van der Waals surface area contributed by atoms with Crippen LogP contribution in [0.4, 0.5) is 0 Å². The van der Waals surface area contributed by atoms with Crippen LogP contribution in [0.5, 0.6) is 0 Å². The van der Waals surface area contributed by atoms with E-state index in [4.69, 9.17) is 5.11 Å². The average Bonchev–Trinajstić information content (AvgIpc) is 2.43. The summed E-state index contributed by atoms with van der Waals surface area (Å²) >= 11 is 0. The first-order valence-corrected chi connectivity index (χ1v) is 8.19. The van der Waals surface area contributed by atoms with Gasteiger partial charge in [-0.1, -0.05) is 12.8 Å². The van der Waals surface area contributed by atoms with Crippen LogP contribution < -0.4 is 0 Å². The first-order chi connectivity index (χ1) is 9.49. The maximum atomic E-state index is 11.1. The number of aliphatic carboxylic acids is 1. The Morgan fingerprint density at radius 2 is 2.00 bits per heavy atom. The zero-order chi connectivity index (χ0) is 14.6. The third kappa shape index (κ3) is 4.19. The number of nitrogens with zero attached hydrogens (tertiary/aromatic N) is 2. The van der Waals surface area contributed by atoms with E-state index in [1.165, 1.54) is 45.4 Å². The van der Waals surface area contributed by atoms with Crippen molar-refractivity contribution in [3.8, 4) is 0 Å². The van der Waals surface area contributed by atoms with Crippen LogP contribution in [0.3, 0.4) is 0 Å². The second-order valence-electron chi connectivity index (χ2n) is 7.13. The van der Waals surface area contributed by atoms with Crippen LogP contribution in [-0.4, -0.2) is 59.6 Å². The van der Waals surface area contributed by atoms with E-state index < -0.39 is 11.4 Å². The summed E-state index contributed by atoms with van der Waals surface area (Å²) in [6, 6.07) is 0.785. The summed E-state index contributed by atoms with van der Waals surface area (Å²) in [4.78, 5) is 16.3. The van der Waals surface area contributed by atoms with Crippen molar-refractivity contribution in [3.05, 3.63) is 0 Å². The van der Waals surface area contributed by atoms with Crippen LogP contribution in [0.1, 0.15) is 52.4 Å². The summed E-state index contributed by atoms with van der Waals surface area (Å²) in [6.07, 6.45) is 7.06. The van der Waals surface area contributed by atoms with Crippen molar-refractivity contribution in [3.63, 3.8) is 0 Å². The van der Waals surface area contributed by atoms with Crippen molar-refractivity contribution in [2.75, 3.05) is 32.7 Å². The van der Waals surface area contributed by atoms with Gasteiger partial charge < -0.3 is 10.0 Å². The molecule has 0 spiro atoms. The van der Waals surface area contributed by atoms with Crippen LogP contribution in [0.15, 0.2) is 0 Å². The predicted octanol–water partition coefficient (Wildman–Crippen LogP) is 2.44. The van der Waals surface area contributed by atoms with E-state index >= 15 is 0 Å². The highest BCUT2D eigenvalue weighted by Gasteiger charge is 2.29. The van der Waals surface area contributed by atoms with Crippen molar-refractivity contribution in [1.29, 1.82) is 0 Å². The number of carboxylic acid groups (broad SMARTS) is 1. The molecule has 0 radical (unpaired) electrons. The minimum Gasteiger partial charge on any atom is -0.481 e. The molecule has 1 N–H and O–H groups in total. The minimum absolute atomic E-state index is 0.567. The first-order valence-electron chi connectivity index (χ1n) is 8.19. The number of unbranched alkanes of at least 4 members (excludes halogenated alkanes) is 1. The Labute approximate surface area is 123 Å². The second kappa shape index (κ2) is 6.90. The Balaban J connectivity index is 1.64. The number of fused-ring (bicyclic) bond motifs is 1. The number of carbonyl (C=O) groups is 1. The van der Waals surface area contributed by atoms with E-state index in [1.54, 1.807) is 0 Å². The fourth-order valence-corrected chi connectivity index (χ4v) is 3.43. The zero-order valence-electron chi connectivity index (χ0n) is 13.1. The Kier molecular flexibility index (Phi) is 5.44. The molecule has 2 heterocycles. The van der Waals surface area contributed by atoms with Crippen LogP contribution >= 0.6 is 0 Å².